The lowest BCUT2D eigenvalue weighted by Crippen LogP contribution is -2.45. The number of nitrogens with zero attached hydrogens (tertiary/aromatic N) is 4. The monoisotopic (exact) mass is 258 g/mol. The van der Waals surface area contributed by atoms with Gasteiger partial charge in [0.2, 0.25) is 0 Å². The highest BCUT2D eigenvalue weighted by Gasteiger charge is 2.38. The van der Waals surface area contributed by atoms with E-state index < -0.39 is 5.41 Å². The van der Waals surface area contributed by atoms with Crippen LogP contribution < -0.4 is 0 Å². The van der Waals surface area contributed by atoms with Crippen LogP contribution in [0.4, 0.5) is 0 Å². The number of nitriles is 1. The third-order valence-electron chi connectivity index (χ3n) is 3.69. The van der Waals surface area contributed by atoms with Crippen molar-refractivity contribution >= 4 is 0 Å². The Balaban J connectivity index is 2.07. The summed E-state index contributed by atoms with van der Waals surface area (Å²) in [5.74, 6) is 0. The molecule has 1 aliphatic heterocycles. The number of hydrogen-bond donors (Lipinski definition) is 0. The van der Waals surface area contributed by atoms with Gasteiger partial charge in [0.05, 0.1) is 11.8 Å². The molecule has 2 rings (SSSR count). The standard InChI is InChI=1S/C15H22N4/c1-14(2,3)11-19-8-5-15(10-16,6-9-19)13-4-7-17-12-18-13/h4,7,12H,5-6,8-9,11H2,1-3H3. The zero-order valence-corrected chi connectivity index (χ0v) is 12.1. The zero-order chi connectivity index (χ0) is 13.9. The van der Waals surface area contributed by atoms with Crippen LogP contribution in [-0.4, -0.2) is 34.5 Å². The molecule has 0 radical (unpaired) electrons. The predicted octanol–water partition coefficient (Wildman–Crippen LogP) is 2.38. The van der Waals surface area contributed by atoms with Gasteiger partial charge in [0.25, 0.3) is 0 Å². The van der Waals surface area contributed by atoms with Crippen molar-refractivity contribution in [2.24, 2.45) is 5.41 Å². The fraction of sp³-hybridized carbons (Fsp3) is 0.667. The molecule has 0 bridgehead atoms. The van der Waals surface area contributed by atoms with Crippen LogP contribution in [-0.2, 0) is 5.41 Å². The minimum absolute atomic E-state index is 0.307. The molecule has 1 aliphatic rings. The van der Waals surface area contributed by atoms with Gasteiger partial charge in [-0.25, -0.2) is 9.97 Å². The summed E-state index contributed by atoms with van der Waals surface area (Å²) in [7, 11) is 0. The molecule has 1 fully saturated rings. The first kappa shape index (κ1) is 14.0. The molecule has 0 aromatic carbocycles. The second-order valence-corrected chi connectivity index (χ2v) is 6.63. The van der Waals surface area contributed by atoms with Gasteiger partial charge in [-0.15, -0.1) is 0 Å². The third-order valence-corrected chi connectivity index (χ3v) is 3.69. The Morgan fingerprint density at radius 1 is 1.37 bits per heavy atom. The van der Waals surface area contributed by atoms with E-state index in [4.69, 9.17) is 0 Å². The summed E-state index contributed by atoms with van der Waals surface area (Å²) in [6.07, 6.45) is 4.98. The largest absolute Gasteiger partial charge is 0.303 e. The normalized spacial score (nSPS) is 19.9. The highest BCUT2D eigenvalue weighted by molar-refractivity contribution is 5.26. The van der Waals surface area contributed by atoms with Crippen LogP contribution >= 0.6 is 0 Å². The van der Waals surface area contributed by atoms with Crippen molar-refractivity contribution < 1.29 is 0 Å². The number of likely N-dealkylation sites (tertiary alicyclic amines) is 1. The van der Waals surface area contributed by atoms with Crippen LogP contribution in [0.1, 0.15) is 39.3 Å². The number of aromatic nitrogens is 2. The van der Waals surface area contributed by atoms with Crippen LogP contribution in [0.2, 0.25) is 0 Å². The molecule has 1 aromatic rings. The Morgan fingerprint density at radius 3 is 2.53 bits per heavy atom. The SMILES string of the molecule is CC(C)(C)CN1CCC(C#N)(c2ccncn2)CC1. The first-order valence-electron chi connectivity index (χ1n) is 6.85. The maximum atomic E-state index is 9.58. The maximum absolute atomic E-state index is 9.58. The van der Waals surface area contributed by atoms with Gasteiger partial charge in [-0.1, -0.05) is 20.8 Å². The molecule has 4 heteroatoms. The second-order valence-electron chi connectivity index (χ2n) is 6.63. The zero-order valence-electron chi connectivity index (χ0n) is 12.1. The van der Waals surface area contributed by atoms with Crippen molar-refractivity contribution in [3.63, 3.8) is 0 Å². The molecule has 0 unspecified atom stereocenters. The number of hydrogen-bond acceptors (Lipinski definition) is 4. The van der Waals surface area contributed by atoms with E-state index in [2.05, 4.69) is 41.7 Å². The van der Waals surface area contributed by atoms with E-state index in [0.717, 1.165) is 38.2 Å². The maximum Gasteiger partial charge on any atom is 0.115 e. The van der Waals surface area contributed by atoms with Crippen LogP contribution in [0.3, 0.4) is 0 Å². The van der Waals surface area contributed by atoms with Crippen LogP contribution in [0.25, 0.3) is 0 Å². The first-order valence-corrected chi connectivity index (χ1v) is 6.85. The molecule has 0 aliphatic carbocycles. The van der Waals surface area contributed by atoms with Gasteiger partial charge in [-0.2, -0.15) is 5.26 Å². The van der Waals surface area contributed by atoms with Crippen molar-refractivity contribution in [1.82, 2.24) is 14.9 Å². The molecule has 0 spiro atoms. The number of piperidine rings is 1. The quantitative estimate of drug-likeness (QED) is 0.817. The Kier molecular flexibility index (Phi) is 3.86. The van der Waals surface area contributed by atoms with E-state index >= 15 is 0 Å². The van der Waals surface area contributed by atoms with E-state index in [0.29, 0.717) is 5.41 Å². The van der Waals surface area contributed by atoms with Gasteiger partial charge < -0.3 is 4.90 Å². The van der Waals surface area contributed by atoms with Crippen molar-refractivity contribution in [3.8, 4) is 6.07 Å². The molecule has 19 heavy (non-hydrogen) atoms. The smallest absolute Gasteiger partial charge is 0.115 e. The molecule has 102 valence electrons. The molecule has 0 atom stereocenters. The molecule has 0 saturated carbocycles. The Labute approximate surface area is 115 Å². The van der Waals surface area contributed by atoms with Gasteiger partial charge in [0.1, 0.15) is 11.7 Å². The summed E-state index contributed by atoms with van der Waals surface area (Å²) >= 11 is 0. The summed E-state index contributed by atoms with van der Waals surface area (Å²) in [5.41, 5.74) is 0.763. The summed E-state index contributed by atoms with van der Waals surface area (Å²) in [6, 6.07) is 4.38. The van der Waals surface area contributed by atoms with Gasteiger partial charge >= 0.3 is 0 Å². The lowest BCUT2D eigenvalue weighted by molar-refractivity contribution is 0.136. The topological polar surface area (TPSA) is 52.8 Å². The summed E-state index contributed by atoms with van der Waals surface area (Å²) in [6.45, 7) is 9.78. The van der Waals surface area contributed by atoms with Crippen molar-refractivity contribution in [1.29, 1.82) is 5.26 Å². The van der Waals surface area contributed by atoms with Gasteiger partial charge in [-0.05, 0) is 24.3 Å². The van der Waals surface area contributed by atoms with Crippen molar-refractivity contribution in [2.45, 2.75) is 39.0 Å². The van der Waals surface area contributed by atoms with E-state index in [-0.39, 0.29) is 0 Å². The molecule has 2 heterocycles. The first-order chi connectivity index (χ1) is 8.95. The van der Waals surface area contributed by atoms with E-state index in [9.17, 15) is 5.26 Å². The molecule has 1 saturated heterocycles. The van der Waals surface area contributed by atoms with Crippen molar-refractivity contribution in [2.75, 3.05) is 19.6 Å². The average molecular weight is 258 g/mol. The minimum Gasteiger partial charge on any atom is -0.303 e. The lowest BCUT2D eigenvalue weighted by Gasteiger charge is -2.39. The minimum atomic E-state index is -0.419. The van der Waals surface area contributed by atoms with Crippen LogP contribution in [0, 0.1) is 16.7 Å². The fourth-order valence-corrected chi connectivity index (χ4v) is 2.76. The van der Waals surface area contributed by atoms with Crippen LogP contribution in [0.15, 0.2) is 18.6 Å². The molecule has 0 N–H and O–H groups in total. The molecular formula is C15H22N4. The van der Waals surface area contributed by atoms with Crippen molar-refractivity contribution in [3.05, 3.63) is 24.3 Å². The lowest BCUT2D eigenvalue weighted by atomic mass is 9.76. The highest BCUT2D eigenvalue weighted by atomic mass is 15.1. The Bertz CT molecular complexity index is 447. The summed E-state index contributed by atoms with van der Waals surface area (Å²) in [5, 5.41) is 9.58. The number of rotatable bonds is 2. The molecular weight excluding hydrogens is 236 g/mol. The molecule has 1 aromatic heterocycles. The predicted molar refractivity (Wildman–Crippen MR) is 74.5 cm³/mol. The molecule has 4 nitrogen and oxygen atoms in total. The summed E-state index contributed by atoms with van der Waals surface area (Å²) < 4.78 is 0. The van der Waals surface area contributed by atoms with Gasteiger partial charge in [-0.3, -0.25) is 0 Å². The highest BCUT2D eigenvalue weighted by Crippen LogP contribution is 2.34. The third kappa shape index (κ3) is 3.30. The molecule has 0 amide bonds. The van der Waals surface area contributed by atoms with E-state index in [1.165, 1.54) is 6.33 Å². The van der Waals surface area contributed by atoms with Gasteiger partial charge in [0, 0.05) is 25.8 Å². The van der Waals surface area contributed by atoms with E-state index in [1.54, 1.807) is 6.20 Å². The fourth-order valence-electron chi connectivity index (χ4n) is 2.76. The van der Waals surface area contributed by atoms with Crippen LogP contribution in [0.5, 0.6) is 0 Å². The second kappa shape index (κ2) is 5.26. The van der Waals surface area contributed by atoms with Gasteiger partial charge in [0.15, 0.2) is 0 Å². The average Bonchev–Trinajstić information content (AvgIpc) is 2.39. The summed E-state index contributed by atoms with van der Waals surface area (Å²) in [4.78, 5) is 10.7. The Morgan fingerprint density at radius 2 is 2.05 bits per heavy atom. The Hall–Kier alpha value is -1.47. The van der Waals surface area contributed by atoms with E-state index in [1.807, 2.05) is 6.07 Å².